The van der Waals surface area contributed by atoms with E-state index in [4.69, 9.17) is 4.74 Å². The van der Waals surface area contributed by atoms with Gasteiger partial charge in [-0.05, 0) is 64.2 Å². The highest BCUT2D eigenvalue weighted by molar-refractivity contribution is 5.75. The molecule has 0 unspecified atom stereocenters. The minimum Gasteiger partial charge on any atom is -0.481 e. The van der Waals surface area contributed by atoms with Crippen LogP contribution in [0.2, 0.25) is 0 Å². The van der Waals surface area contributed by atoms with E-state index in [0.717, 1.165) is 32.1 Å². The first-order valence-electron chi connectivity index (χ1n) is 9.88. The van der Waals surface area contributed by atoms with E-state index in [2.05, 4.69) is 6.92 Å². The molecule has 25 heavy (non-hydrogen) atoms. The van der Waals surface area contributed by atoms with Gasteiger partial charge in [0, 0.05) is 10.8 Å². The van der Waals surface area contributed by atoms with Crippen molar-refractivity contribution in [1.29, 1.82) is 0 Å². The Morgan fingerprint density at radius 2 is 1.88 bits per heavy atom. The standard InChI is InChI=1S/C20H30O5/c1-16(15(22)23)6-4-7-17(2)12(16)5-8-19-10-11-9-13(20(17,19)24)25-18(11,3)14(19)21/h11-14,21,24H,4-10H2,1-3H3,(H,22,23)/t11-,12-,13+,14-,16-,17-,18-,19+,20-/m1/s1. The average Bonchev–Trinajstić information content (AvgIpc) is 2.92. The molecule has 3 N–H and O–H groups in total. The summed E-state index contributed by atoms with van der Waals surface area (Å²) < 4.78 is 6.31. The van der Waals surface area contributed by atoms with Gasteiger partial charge in [-0.3, -0.25) is 4.79 Å². The fourth-order valence-electron chi connectivity index (χ4n) is 8.55. The van der Waals surface area contributed by atoms with Crippen LogP contribution in [-0.2, 0) is 9.53 Å². The number of hydrogen-bond donors (Lipinski definition) is 3. The minimum atomic E-state index is -1.13. The van der Waals surface area contributed by atoms with Crippen LogP contribution in [0.4, 0.5) is 0 Å². The Morgan fingerprint density at radius 1 is 1.16 bits per heavy atom. The van der Waals surface area contributed by atoms with Gasteiger partial charge >= 0.3 is 5.97 Å². The lowest BCUT2D eigenvalue weighted by Crippen LogP contribution is -2.78. The van der Waals surface area contributed by atoms with E-state index in [9.17, 15) is 20.1 Å². The molecule has 0 aromatic rings. The molecule has 4 bridgehead atoms. The summed E-state index contributed by atoms with van der Waals surface area (Å²) in [5, 5.41) is 33.5. The summed E-state index contributed by atoms with van der Waals surface area (Å²) in [6, 6.07) is 0. The first kappa shape index (κ1) is 16.5. The Bertz CT molecular complexity index is 664. The number of aliphatic hydroxyl groups is 2. The van der Waals surface area contributed by atoms with Gasteiger partial charge in [-0.1, -0.05) is 13.3 Å². The highest BCUT2D eigenvalue weighted by Crippen LogP contribution is 2.78. The van der Waals surface area contributed by atoms with Crippen LogP contribution in [0.1, 0.15) is 65.7 Å². The van der Waals surface area contributed by atoms with E-state index in [-0.39, 0.29) is 12.0 Å². The summed E-state index contributed by atoms with van der Waals surface area (Å²) >= 11 is 0. The molecule has 2 heterocycles. The van der Waals surface area contributed by atoms with Crippen LogP contribution in [0.15, 0.2) is 0 Å². The maximum absolute atomic E-state index is 12.3. The van der Waals surface area contributed by atoms with Crippen LogP contribution in [-0.4, -0.2) is 44.7 Å². The lowest BCUT2D eigenvalue weighted by molar-refractivity contribution is -0.351. The molecule has 0 aromatic heterocycles. The summed E-state index contributed by atoms with van der Waals surface area (Å²) in [6.45, 7) is 5.96. The molecule has 6 fully saturated rings. The van der Waals surface area contributed by atoms with E-state index >= 15 is 0 Å². The van der Waals surface area contributed by atoms with E-state index in [0.29, 0.717) is 18.8 Å². The zero-order chi connectivity index (χ0) is 18.0. The quantitative estimate of drug-likeness (QED) is 0.676. The lowest BCUT2D eigenvalue weighted by Gasteiger charge is -2.70. The number of aliphatic hydroxyl groups excluding tert-OH is 1. The lowest BCUT2D eigenvalue weighted by atomic mass is 9.37. The molecular formula is C20H30O5. The van der Waals surface area contributed by atoms with Gasteiger partial charge in [0.25, 0.3) is 0 Å². The average molecular weight is 350 g/mol. The second kappa shape index (κ2) is 4.26. The maximum Gasteiger partial charge on any atom is 0.309 e. The molecule has 0 amide bonds. The van der Waals surface area contributed by atoms with E-state index in [1.807, 2.05) is 13.8 Å². The molecular weight excluding hydrogens is 320 g/mol. The minimum absolute atomic E-state index is 0.0818. The number of carboxylic acid groups (broad SMARTS) is 1. The molecule has 140 valence electrons. The first-order chi connectivity index (χ1) is 11.6. The van der Waals surface area contributed by atoms with Crippen molar-refractivity contribution in [3.8, 4) is 0 Å². The topological polar surface area (TPSA) is 87.0 Å². The second-order valence-corrected chi connectivity index (χ2v) is 10.3. The van der Waals surface area contributed by atoms with Gasteiger partial charge in [-0.25, -0.2) is 0 Å². The smallest absolute Gasteiger partial charge is 0.309 e. The molecule has 1 spiro atoms. The van der Waals surface area contributed by atoms with Crippen LogP contribution in [0.3, 0.4) is 0 Å². The highest BCUT2D eigenvalue weighted by Gasteiger charge is 2.84. The number of rotatable bonds is 1. The van der Waals surface area contributed by atoms with E-state index in [1.54, 1.807) is 0 Å². The van der Waals surface area contributed by atoms with Crippen molar-refractivity contribution < 1.29 is 24.9 Å². The number of carboxylic acids is 1. The molecule has 9 atom stereocenters. The highest BCUT2D eigenvalue weighted by atomic mass is 16.6. The van der Waals surface area contributed by atoms with Gasteiger partial charge < -0.3 is 20.1 Å². The summed E-state index contributed by atoms with van der Waals surface area (Å²) in [4.78, 5) is 12.1. The summed E-state index contributed by atoms with van der Waals surface area (Å²) in [6.07, 6.45) is 4.42. The van der Waals surface area contributed by atoms with E-state index in [1.165, 1.54) is 0 Å². The molecule has 6 aliphatic rings. The van der Waals surface area contributed by atoms with Crippen LogP contribution >= 0.6 is 0 Å². The zero-order valence-electron chi connectivity index (χ0n) is 15.4. The molecule has 0 radical (unpaired) electrons. The number of aliphatic carboxylic acids is 1. The Morgan fingerprint density at radius 3 is 2.52 bits per heavy atom. The van der Waals surface area contributed by atoms with Gasteiger partial charge in [-0.2, -0.15) is 0 Å². The Kier molecular flexibility index (Phi) is 2.81. The summed E-state index contributed by atoms with van der Waals surface area (Å²) in [7, 11) is 0. The zero-order valence-corrected chi connectivity index (χ0v) is 15.4. The van der Waals surface area contributed by atoms with Crippen molar-refractivity contribution >= 4 is 5.97 Å². The first-order valence-corrected chi connectivity index (χ1v) is 9.88. The normalized spacial score (nSPS) is 64.8. The fourth-order valence-corrected chi connectivity index (χ4v) is 8.55. The summed E-state index contributed by atoms with van der Waals surface area (Å²) in [5.41, 5.74) is -3.54. The predicted molar refractivity (Wildman–Crippen MR) is 89.8 cm³/mol. The molecule has 5 heteroatoms. The molecule has 4 aliphatic carbocycles. The monoisotopic (exact) mass is 350 g/mol. The molecule has 4 saturated carbocycles. The Labute approximate surface area is 148 Å². The Hall–Kier alpha value is -0.650. The van der Waals surface area contributed by atoms with Crippen LogP contribution < -0.4 is 0 Å². The van der Waals surface area contributed by atoms with Crippen LogP contribution in [0.25, 0.3) is 0 Å². The number of hydrogen-bond acceptors (Lipinski definition) is 4. The van der Waals surface area contributed by atoms with Crippen molar-refractivity contribution in [2.45, 2.75) is 89.1 Å². The van der Waals surface area contributed by atoms with Gasteiger partial charge in [-0.15, -0.1) is 0 Å². The Balaban J connectivity index is 1.69. The number of ether oxygens (including phenoxy) is 1. The maximum atomic E-state index is 12.3. The second-order valence-electron chi connectivity index (χ2n) is 10.3. The molecule has 6 rings (SSSR count). The fraction of sp³-hybridized carbons (Fsp3) is 0.950. The molecule has 2 saturated heterocycles. The third kappa shape index (κ3) is 1.39. The number of carbonyl (C=O) groups is 1. The van der Waals surface area contributed by atoms with Gasteiger partial charge in [0.15, 0.2) is 0 Å². The predicted octanol–water partition coefficient (Wildman–Crippen LogP) is 2.34. The van der Waals surface area contributed by atoms with Crippen molar-refractivity contribution in [3.63, 3.8) is 0 Å². The third-order valence-electron chi connectivity index (χ3n) is 9.78. The van der Waals surface area contributed by atoms with Crippen molar-refractivity contribution in [1.82, 2.24) is 0 Å². The van der Waals surface area contributed by atoms with Crippen molar-refractivity contribution in [3.05, 3.63) is 0 Å². The van der Waals surface area contributed by atoms with Gasteiger partial charge in [0.2, 0.25) is 0 Å². The number of fused-ring (bicyclic) bond motifs is 1. The van der Waals surface area contributed by atoms with Crippen LogP contribution in [0, 0.1) is 28.1 Å². The largest absolute Gasteiger partial charge is 0.481 e. The van der Waals surface area contributed by atoms with E-state index < -0.39 is 39.5 Å². The summed E-state index contributed by atoms with van der Waals surface area (Å²) in [5.74, 6) is -0.521. The van der Waals surface area contributed by atoms with Gasteiger partial charge in [0.05, 0.1) is 23.2 Å². The molecule has 2 aliphatic heterocycles. The van der Waals surface area contributed by atoms with Gasteiger partial charge in [0.1, 0.15) is 5.60 Å². The SMILES string of the molecule is C[C@@]12O[C@H]3C[C@@H]1C[C@@]1(CC[C@@H]4[C@](C)(C(=O)O)CCC[C@@]4(C)[C@]31O)[C@@H]2O. The third-order valence-corrected chi connectivity index (χ3v) is 9.78. The van der Waals surface area contributed by atoms with Crippen LogP contribution in [0.5, 0.6) is 0 Å². The molecule has 0 aromatic carbocycles. The molecule has 5 nitrogen and oxygen atoms in total. The van der Waals surface area contributed by atoms with Crippen molar-refractivity contribution in [2.75, 3.05) is 0 Å². The van der Waals surface area contributed by atoms with Crippen molar-refractivity contribution in [2.24, 2.45) is 28.1 Å².